The van der Waals surface area contributed by atoms with Gasteiger partial charge in [0, 0.05) is 36.3 Å². The first-order valence-corrected chi connectivity index (χ1v) is 7.19. The van der Waals surface area contributed by atoms with Crippen molar-refractivity contribution in [2.45, 2.75) is 25.9 Å². The number of fused-ring (bicyclic) bond motifs is 1. The van der Waals surface area contributed by atoms with Crippen molar-refractivity contribution in [3.8, 4) is 5.75 Å². The van der Waals surface area contributed by atoms with Crippen LogP contribution in [0.25, 0.3) is 0 Å². The molecule has 1 N–H and O–H groups in total. The summed E-state index contributed by atoms with van der Waals surface area (Å²) in [7, 11) is 0. The van der Waals surface area contributed by atoms with E-state index in [0.717, 1.165) is 55.4 Å². The summed E-state index contributed by atoms with van der Waals surface area (Å²) in [5.74, 6) is 1.01. The Morgan fingerprint density at radius 1 is 1.40 bits per heavy atom. The van der Waals surface area contributed by atoms with E-state index in [1.54, 1.807) is 6.20 Å². The van der Waals surface area contributed by atoms with Crippen molar-refractivity contribution in [2.75, 3.05) is 13.2 Å². The fraction of sp³-hybridized carbons (Fsp3) is 0.429. The molecule has 1 aromatic heterocycles. The second-order valence-electron chi connectivity index (χ2n) is 4.85. The van der Waals surface area contributed by atoms with Gasteiger partial charge in [0.2, 0.25) is 0 Å². The minimum Gasteiger partial charge on any atom is -0.493 e. The van der Waals surface area contributed by atoms with Gasteiger partial charge < -0.3 is 10.1 Å². The number of rotatable bonds is 6. The van der Waals surface area contributed by atoms with Gasteiger partial charge in [0.15, 0.2) is 0 Å². The van der Waals surface area contributed by atoms with Crippen LogP contribution in [0.2, 0.25) is 5.02 Å². The summed E-state index contributed by atoms with van der Waals surface area (Å²) >= 11 is 6.13. The predicted molar refractivity (Wildman–Crippen MR) is 77.0 cm³/mol. The molecule has 1 aliphatic heterocycles. The molecule has 0 saturated heterocycles. The zero-order chi connectivity index (χ0) is 13.8. The van der Waals surface area contributed by atoms with E-state index in [4.69, 9.17) is 16.3 Å². The van der Waals surface area contributed by atoms with Crippen LogP contribution in [0.15, 0.2) is 24.5 Å². The first-order valence-electron chi connectivity index (χ1n) is 6.82. The lowest BCUT2D eigenvalue weighted by molar-refractivity contribution is 0.352. The van der Waals surface area contributed by atoms with Gasteiger partial charge in [-0.25, -0.2) is 0 Å². The molecule has 1 aliphatic rings. The van der Waals surface area contributed by atoms with Crippen LogP contribution in [-0.2, 0) is 19.5 Å². The monoisotopic (exact) mass is 292 g/mol. The average Bonchev–Trinajstić information content (AvgIpc) is 3.08. The van der Waals surface area contributed by atoms with Gasteiger partial charge in [-0.05, 0) is 30.7 Å². The smallest absolute Gasteiger partial charge is 0.127 e. The number of halogens is 1. The van der Waals surface area contributed by atoms with E-state index in [0.29, 0.717) is 0 Å². The SMILES string of the molecule is Clc1cc2c(c(CNCCCn3ccnn3)c1)OCC2. The van der Waals surface area contributed by atoms with Crippen LogP contribution in [0, 0.1) is 0 Å². The van der Waals surface area contributed by atoms with Crippen LogP contribution in [0.3, 0.4) is 0 Å². The van der Waals surface area contributed by atoms with E-state index in [9.17, 15) is 0 Å². The minimum atomic E-state index is 0.759. The third-order valence-corrected chi connectivity index (χ3v) is 3.57. The van der Waals surface area contributed by atoms with Crippen molar-refractivity contribution in [2.24, 2.45) is 0 Å². The van der Waals surface area contributed by atoms with E-state index in [-0.39, 0.29) is 0 Å². The fourth-order valence-corrected chi connectivity index (χ4v) is 2.68. The van der Waals surface area contributed by atoms with E-state index in [1.165, 1.54) is 5.56 Å². The molecule has 0 aliphatic carbocycles. The number of benzene rings is 1. The van der Waals surface area contributed by atoms with Crippen LogP contribution in [0.4, 0.5) is 0 Å². The normalized spacial score (nSPS) is 13.2. The number of hydrogen-bond acceptors (Lipinski definition) is 4. The second kappa shape index (κ2) is 6.24. The molecule has 0 radical (unpaired) electrons. The number of nitrogens with zero attached hydrogens (tertiary/aromatic N) is 3. The van der Waals surface area contributed by atoms with E-state index in [2.05, 4.69) is 15.6 Å². The Morgan fingerprint density at radius 3 is 3.20 bits per heavy atom. The highest BCUT2D eigenvalue weighted by atomic mass is 35.5. The molecule has 0 atom stereocenters. The van der Waals surface area contributed by atoms with Gasteiger partial charge in [0.1, 0.15) is 5.75 Å². The maximum Gasteiger partial charge on any atom is 0.127 e. The molecule has 6 heteroatoms. The van der Waals surface area contributed by atoms with Gasteiger partial charge in [0.05, 0.1) is 12.8 Å². The van der Waals surface area contributed by atoms with Crippen molar-refractivity contribution in [1.82, 2.24) is 20.3 Å². The van der Waals surface area contributed by atoms with E-state index < -0.39 is 0 Å². The molecular weight excluding hydrogens is 276 g/mol. The Hall–Kier alpha value is -1.59. The lowest BCUT2D eigenvalue weighted by Gasteiger charge is -2.10. The molecule has 106 valence electrons. The zero-order valence-corrected chi connectivity index (χ0v) is 11.9. The standard InChI is InChI=1S/C14H17ClN4O/c15-13-8-11-2-7-20-14(11)12(9-13)10-16-3-1-5-19-6-4-17-18-19/h4,6,8-9,16H,1-3,5,7,10H2. The highest BCUT2D eigenvalue weighted by molar-refractivity contribution is 6.30. The Bertz CT molecular complexity index is 571. The quantitative estimate of drug-likeness (QED) is 0.828. The number of ether oxygens (including phenoxy) is 1. The summed E-state index contributed by atoms with van der Waals surface area (Å²) < 4.78 is 7.51. The van der Waals surface area contributed by atoms with Gasteiger partial charge >= 0.3 is 0 Å². The van der Waals surface area contributed by atoms with Gasteiger partial charge in [-0.2, -0.15) is 0 Å². The van der Waals surface area contributed by atoms with Gasteiger partial charge in [-0.15, -0.1) is 5.10 Å². The molecule has 3 rings (SSSR count). The summed E-state index contributed by atoms with van der Waals surface area (Å²) in [6.45, 7) is 3.33. The molecule has 20 heavy (non-hydrogen) atoms. The Balaban J connectivity index is 1.49. The number of aryl methyl sites for hydroxylation is 1. The number of nitrogens with one attached hydrogen (secondary N) is 1. The molecule has 0 spiro atoms. The molecule has 0 fully saturated rings. The summed E-state index contributed by atoms with van der Waals surface area (Å²) in [6, 6.07) is 3.98. The lowest BCUT2D eigenvalue weighted by Crippen LogP contribution is -2.17. The number of aromatic nitrogens is 3. The third kappa shape index (κ3) is 3.11. The average molecular weight is 293 g/mol. The molecule has 1 aromatic carbocycles. The molecule has 0 unspecified atom stereocenters. The molecular formula is C14H17ClN4O. The number of hydrogen-bond donors (Lipinski definition) is 1. The second-order valence-corrected chi connectivity index (χ2v) is 5.28. The van der Waals surface area contributed by atoms with Crippen molar-refractivity contribution in [1.29, 1.82) is 0 Å². The van der Waals surface area contributed by atoms with Crippen LogP contribution >= 0.6 is 11.6 Å². The Morgan fingerprint density at radius 2 is 2.35 bits per heavy atom. The Kier molecular flexibility index (Phi) is 4.18. The summed E-state index contributed by atoms with van der Waals surface area (Å²) in [5, 5.41) is 11.9. The molecule has 2 heterocycles. The molecule has 0 amide bonds. The topological polar surface area (TPSA) is 52.0 Å². The van der Waals surface area contributed by atoms with Crippen molar-refractivity contribution >= 4 is 11.6 Å². The van der Waals surface area contributed by atoms with Crippen LogP contribution in [-0.4, -0.2) is 28.1 Å². The molecule has 2 aromatic rings. The maximum absolute atomic E-state index is 6.13. The lowest BCUT2D eigenvalue weighted by atomic mass is 10.1. The van der Waals surface area contributed by atoms with Crippen molar-refractivity contribution in [3.05, 3.63) is 40.7 Å². The Labute approximate surface area is 122 Å². The van der Waals surface area contributed by atoms with Crippen molar-refractivity contribution < 1.29 is 4.74 Å². The molecule has 5 nitrogen and oxygen atoms in total. The van der Waals surface area contributed by atoms with Gasteiger partial charge in [-0.3, -0.25) is 4.68 Å². The highest BCUT2D eigenvalue weighted by Gasteiger charge is 2.17. The summed E-state index contributed by atoms with van der Waals surface area (Å²) in [6.07, 6.45) is 5.53. The third-order valence-electron chi connectivity index (χ3n) is 3.35. The van der Waals surface area contributed by atoms with Crippen molar-refractivity contribution in [3.63, 3.8) is 0 Å². The minimum absolute atomic E-state index is 0.759. The first-order chi connectivity index (χ1) is 9.83. The highest BCUT2D eigenvalue weighted by Crippen LogP contribution is 2.32. The largest absolute Gasteiger partial charge is 0.493 e. The molecule has 0 saturated carbocycles. The van der Waals surface area contributed by atoms with Crippen LogP contribution in [0.1, 0.15) is 17.5 Å². The summed E-state index contributed by atoms with van der Waals surface area (Å²) in [5.41, 5.74) is 2.36. The van der Waals surface area contributed by atoms with Crippen LogP contribution in [0.5, 0.6) is 5.75 Å². The molecule has 0 bridgehead atoms. The van der Waals surface area contributed by atoms with E-state index in [1.807, 2.05) is 23.0 Å². The predicted octanol–water partition coefficient (Wildman–Crippen LogP) is 2.05. The fourth-order valence-electron chi connectivity index (χ4n) is 2.42. The zero-order valence-electron chi connectivity index (χ0n) is 11.2. The van der Waals surface area contributed by atoms with Gasteiger partial charge in [0.25, 0.3) is 0 Å². The van der Waals surface area contributed by atoms with Crippen LogP contribution < -0.4 is 10.1 Å². The summed E-state index contributed by atoms with van der Waals surface area (Å²) in [4.78, 5) is 0. The van der Waals surface area contributed by atoms with E-state index >= 15 is 0 Å². The first kappa shape index (κ1) is 13.4. The van der Waals surface area contributed by atoms with Gasteiger partial charge in [-0.1, -0.05) is 16.8 Å². The maximum atomic E-state index is 6.13.